The zero-order chi connectivity index (χ0) is 20.4. The molecule has 0 spiro atoms. The summed E-state index contributed by atoms with van der Waals surface area (Å²) in [4.78, 5) is 31.9. The highest BCUT2D eigenvalue weighted by Crippen LogP contribution is 2.35. The number of carbonyl (C=O) groups excluding carboxylic acids is 1. The van der Waals surface area contributed by atoms with E-state index in [0.29, 0.717) is 17.8 Å². The maximum Gasteiger partial charge on any atom is 0.262 e. The van der Waals surface area contributed by atoms with Crippen molar-refractivity contribution in [2.75, 3.05) is 13.7 Å². The van der Waals surface area contributed by atoms with Gasteiger partial charge in [0.25, 0.3) is 5.56 Å². The van der Waals surface area contributed by atoms with Gasteiger partial charge in [0.2, 0.25) is 5.91 Å². The number of hydrogen-bond acceptors (Lipinski definition) is 5. The maximum atomic E-state index is 13.0. The van der Waals surface area contributed by atoms with Crippen LogP contribution in [0.2, 0.25) is 0 Å². The van der Waals surface area contributed by atoms with Crippen LogP contribution in [-0.4, -0.2) is 29.1 Å². The summed E-state index contributed by atoms with van der Waals surface area (Å²) < 4.78 is 6.57. The number of thiophene rings is 1. The summed E-state index contributed by atoms with van der Waals surface area (Å²) in [6.45, 7) is 2.75. The van der Waals surface area contributed by atoms with Crippen molar-refractivity contribution in [1.29, 1.82) is 0 Å². The first kappa shape index (κ1) is 19.6. The normalized spacial score (nSPS) is 15.9. The van der Waals surface area contributed by atoms with Crippen LogP contribution in [0, 0.1) is 5.92 Å². The second kappa shape index (κ2) is 8.37. The first-order valence-corrected chi connectivity index (χ1v) is 10.8. The van der Waals surface area contributed by atoms with E-state index in [-0.39, 0.29) is 18.0 Å². The summed E-state index contributed by atoms with van der Waals surface area (Å²) in [5.41, 5.74) is 2.16. The van der Waals surface area contributed by atoms with Crippen LogP contribution < -0.4 is 15.6 Å². The van der Waals surface area contributed by atoms with E-state index in [1.165, 1.54) is 15.8 Å². The van der Waals surface area contributed by atoms with Crippen molar-refractivity contribution >= 4 is 27.5 Å². The van der Waals surface area contributed by atoms with E-state index in [0.717, 1.165) is 47.4 Å². The predicted octanol–water partition coefficient (Wildman–Crippen LogP) is 2.95. The molecule has 0 radical (unpaired) electrons. The molecule has 0 unspecified atom stereocenters. The molecule has 0 fully saturated rings. The molecule has 2 aromatic heterocycles. The lowest BCUT2D eigenvalue weighted by molar-refractivity contribution is -0.121. The molecule has 6 nitrogen and oxygen atoms in total. The van der Waals surface area contributed by atoms with E-state index in [4.69, 9.17) is 4.74 Å². The Morgan fingerprint density at radius 3 is 2.90 bits per heavy atom. The van der Waals surface area contributed by atoms with Crippen molar-refractivity contribution in [2.24, 2.45) is 5.92 Å². The molecule has 1 amide bonds. The highest BCUT2D eigenvalue weighted by molar-refractivity contribution is 7.18. The number of nitrogens with zero attached hydrogens (tertiary/aromatic N) is 2. The van der Waals surface area contributed by atoms with Crippen LogP contribution >= 0.6 is 11.3 Å². The number of amides is 1. The lowest BCUT2D eigenvalue weighted by Crippen LogP contribution is -2.33. The van der Waals surface area contributed by atoms with Gasteiger partial charge in [-0.25, -0.2) is 4.98 Å². The number of aromatic nitrogens is 2. The molecule has 0 saturated carbocycles. The van der Waals surface area contributed by atoms with Gasteiger partial charge in [0.1, 0.15) is 17.1 Å². The molecular weight excluding hydrogens is 386 g/mol. The fraction of sp³-hybridized carbons (Fsp3) is 0.409. The molecule has 0 bridgehead atoms. The van der Waals surface area contributed by atoms with Crippen LogP contribution in [-0.2, 0) is 30.6 Å². The van der Waals surface area contributed by atoms with Crippen molar-refractivity contribution in [3.63, 3.8) is 0 Å². The predicted molar refractivity (Wildman–Crippen MR) is 115 cm³/mol. The number of nitrogens with one attached hydrogen (secondary N) is 1. The second-order valence-corrected chi connectivity index (χ2v) is 8.74. The Kier molecular flexibility index (Phi) is 5.67. The summed E-state index contributed by atoms with van der Waals surface area (Å²) in [6.07, 6.45) is 5.25. The summed E-state index contributed by atoms with van der Waals surface area (Å²) in [6, 6.07) is 7.77. The summed E-state index contributed by atoms with van der Waals surface area (Å²) in [7, 11) is 1.63. The lowest BCUT2D eigenvalue weighted by atomic mass is 9.89. The molecule has 152 valence electrons. The zero-order valence-electron chi connectivity index (χ0n) is 16.7. The van der Waals surface area contributed by atoms with Gasteiger partial charge in [-0.1, -0.05) is 19.1 Å². The van der Waals surface area contributed by atoms with E-state index in [1.54, 1.807) is 18.4 Å². The molecule has 29 heavy (non-hydrogen) atoms. The molecular formula is C22H25N3O3S. The fourth-order valence-corrected chi connectivity index (χ4v) is 5.17. The highest BCUT2D eigenvalue weighted by Gasteiger charge is 2.23. The van der Waals surface area contributed by atoms with Gasteiger partial charge in [-0.05, 0) is 54.9 Å². The Morgan fingerprint density at radius 1 is 1.34 bits per heavy atom. The molecule has 1 atom stereocenters. The van der Waals surface area contributed by atoms with E-state index in [9.17, 15) is 9.59 Å². The fourth-order valence-electron chi connectivity index (χ4n) is 3.83. The molecule has 7 heteroatoms. The van der Waals surface area contributed by atoms with Crippen molar-refractivity contribution in [3.05, 3.63) is 57.0 Å². The Balaban J connectivity index is 1.41. The zero-order valence-corrected chi connectivity index (χ0v) is 17.6. The minimum atomic E-state index is -0.181. The van der Waals surface area contributed by atoms with Gasteiger partial charge >= 0.3 is 0 Å². The lowest BCUT2D eigenvalue weighted by Gasteiger charge is -2.17. The number of benzene rings is 1. The van der Waals surface area contributed by atoms with Crippen LogP contribution in [0.4, 0.5) is 0 Å². The standard InChI is InChI=1S/C22H25N3O3S/c1-14-3-8-17-18(11-14)29-21-20(17)22(27)25(13-24-21)12-19(26)23-10-9-15-4-6-16(28-2)7-5-15/h4-7,13-14H,3,8-12H2,1-2H3,(H,23,26)/t14-/m1/s1. The Hall–Kier alpha value is -2.67. The van der Waals surface area contributed by atoms with Crippen LogP contribution in [0.3, 0.4) is 0 Å². The minimum Gasteiger partial charge on any atom is -0.497 e. The number of carbonyl (C=O) groups is 1. The van der Waals surface area contributed by atoms with Gasteiger partial charge in [0.15, 0.2) is 0 Å². The van der Waals surface area contributed by atoms with E-state index < -0.39 is 0 Å². The Bertz CT molecular complexity index is 1090. The first-order valence-electron chi connectivity index (χ1n) is 9.94. The molecule has 0 aliphatic heterocycles. The third-order valence-corrected chi connectivity index (χ3v) is 6.65. The van der Waals surface area contributed by atoms with E-state index in [1.807, 2.05) is 24.3 Å². The SMILES string of the molecule is COc1ccc(CCNC(=O)Cn2cnc3sc4c(c3c2=O)CC[C@@H](C)C4)cc1. The molecule has 3 aromatic rings. The van der Waals surface area contributed by atoms with Gasteiger partial charge in [-0.3, -0.25) is 14.2 Å². The maximum absolute atomic E-state index is 13.0. The second-order valence-electron chi connectivity index (χ2n) is 7.66. The van der Waals surface area contributed by atoms with Gasteiger partial charge in [-0.15, -0.1) is 11.3 Å². The smallest absolute Gasteiger partial charge is 0.262 e. The van der Waals surface area contributed by atoms with Crippen molar-refractivity contribution < 1.29 is 9.53 Å². The number of aryl methyl sites for hydroxylation is 1. The largest absolute Gasteiger partial charge is 0.497 e. The quantitative estimate of drug-likeness (QED) is 0.677. The Morgan fingerprint density at radius 2 is 2.14 bits per heavy atom. The number of rotatable bonds is 6. The van der Waals surface area contributed by atoms with Gasteiger partial charge in [0.05, 0.1) is 18.8 Å². The molecule has 1 aliphatic rings. The molecule has 0 saturated heterocycles. The topological polar surface area (TPSA) is 73.2 Å². The van der Waals surface area contributed by atoms with Crippen molar-refractivity contribution in [1.82, 2.24) is 14.9 Å². The van der Waals surface area contributed by atoms with Crippen LogP contribution in [0.25, 0.3) is 10.2 Å². The van der Waals surface area contributed by atoms with Crippen molar-refractivity contribution in [3.8, 4) is 5.75 Å². The average Bonchev–Trinajstić information content (AvgIpc) is 3.09. The number of ether oxygens (including phenoxy) is 1. The van der Waals surface area contributed by atoms with Gasteiger partial charge in [0, 0.05) is 11.4 Å². The first-order chi connectivity index (χ1) is 14.0. The van der Waals surface area contributed by atoms with Gasteiger partial charge < -0.3 is 10.1 Å². The molecule has 2 heterocycles. The number of hydrogen-bond donors (Lipinski definition) is 1. The summed E-state index contributed by atoms with van der Waals surface area (Å²) in [5.74, 6) is 1.28. The third-order valence-electron chi connectivity index (χ3n) is 5.49. The van der Waals surface area contributed by atoms with Crippen LogP contribution in [0.5, 0.6) is 5.75 Å². The minimum absolute atomic E-state index is 0.00852. The van der Waals surface area contributed by atoms with Crippen LogP contribution in [0.15, 0.2) is 35.4 Å². The number of methoxy groups -OCH3 is 1. The molecule has 1 aliphatic carbocycles. The summed E-state index contributed by atoms with van der Waals surface area (Å²) in [5, 5.41) is 3.60. The van der Waals surface area contributed by atoms with E-state index >= 15 is 0 Å². The van der Waals surface area contributed by atoms with Gasteiger partial charge in [-0.2, -0.15) is 0 Å². The molecule has 4 rings (SSSR count). The van der Waals surface area contributed by atoms with Crippen LogP contribution in [0.1, 0.15) is 29.3 Å². The number of fused-ring (bicyclic) bond motifs is 3. The third kappa shape index (κ3) is 4.19. The summed E-state index contributed by atoms with van der Waals surface area (Å²) >= 11 is 1.63. The monoisotopic (exact) mass is 411 g/mol. The molecule has 1 N–H and O–H groups in total. The van der Waals surface area contributed by atoms with E-state index in [2.05, 4.69) is 17.2 Å². The Labute approximate surface area is 173 Å². The average molecular weight is 412 g/mol. The van der Waals surface area contributed by atoms with Crippen molar-refractivity contribution in [2.45, 2.75) is 39.2 Å². The molecule has 1 aromatic carbocycles. The highest BCUT2D eigenvalue weighted by atomic mass is 32.1.